The smallest absolute Gasteiger partial charge is 0.336 e. The highest BCUT2D eigenvalue weighted by Gasteiger charge is 2.42. The van der Waals surface area contributed by atoms with Gasteiger partial charge in [-0.1, -0.05) is 29.8 Å². The van der Waals surface area contributed by atoms with Gasteiger partial charge in [-0.2, -0.15) is 0 Å². The summed E-state index contributed by atoms with van der Waals surface area (Å²) in [6, 6.07) is 13.5. The number of esters is 1. The molecule has 0 saturated carbocycles. The lowest BCUT2D eigenvalue weighted by molar-refractivity contribution is -0.136. The Morgan fingerprint density at radius 2 is 1.72 bits per heavy atom. The van der Waals surface area contributed by atoms with Crippen molar-refractivity contribution in [2.75, 3.05) is 11.5 Å². The van der Waals surface area contributed by atoms with E-state index in [9.17, 15) is 14.0 Å². The highest BCUT2D eigenvalue weighted by atomic mass is 19.1. The van der Waals surface area contributed by atoms with Crippen LogP contribution in [-0.2, 0) is 14.3 Å². The minimum absolute atomic E-state index is 0.0749. The molecule has 2 aliphatic heterocycles. The minimum atomic E-state index is -0.408. The fraction of sp³-hybridized carbons (Fsp3) is 0.200. The van der Waals surface area contributed by atoms with E-state index in [1.54, 1.807) is 17.0 Å². The average Bonchev–Trinajstić information content (AvgIpc) is 2.98. The Balaban J connectivity index is 1.81. The first-order valence-corrected chi connectivity index (χ1v) is 8.10. The number of hydrogen-bond acceptors (Lipinski definition) is 3. The summed E-state index contributed by atoms with van der Waals surface area (Å²) >= 11 is 0. The van der Waals surface area contributed by atoms with Gasteiger partial charge in [0.05, 0.1) is 11.3 Å². The van der Waals surface area contributed by atoms with Crippen LogP contribution in [0.2, 0.25) is 0 Å². The van der Waals surface area contributed by atoms with Gasteiger partial charge < -0.3 is 4.74 Å². The second-order valence-electron chi connectivity index (χ2n) is 6.31. The van der Waals surface area contributed by atoms with Gasteiger partial charge in [-0.15, -0.1) is 0 Å². The number of carbonyl (C=O) groups is 2. The number of anilines is 1. The molecule has 2 aromatic carbocycles. The Morgan fingerprint density at radius 3 is 2.40 bits per heavy atom. The molecule has 0 radical (unpaired) electrons. The lowest BCUT2D eigenvalue weighted by atomic mass is 9.84. The first-order chi connectivity index (χ1) is 12.0. The summed E-state index contributed by atoms with van der Waals surface area (Å²) in [6.07, 6.45) is 0.146. The van der Waals surface area contributed by atoms with Gasteiger partial charge in [0.15, 0.2) is 0 Å². The second-order valence-corrected chi connectivity index (χ2v) is 6.31. The molecule has 2 aliphatic rings. The number of carbonyl (C=O) groups excluding carboxylic acids is 2. The van der Waals surface area contributed by atoms with E-state index in [4.69, 9.17) is 4.74 Å². The molecule has 2 heterocycles. The number of aryl methyl sites for hydroxylation is 1. The molecule has 0 spiro atoms. The first kappa shape index (κ1) is 15.6. The minimum Gasteiger partial charge on any atom is -0.456 e. The van der Waals surface area contributed by atoms with Crippen molar-refractivity contribution >= 4 is 17.6 Å². The number of rotatable bonds is 2. The van der Waals surface area contributed by atoms with E-state index in [0.717, 1.165) is 16.8 Å². The maximum Gasteiger partial charge on any atom is 0.336 e. The van der Waals surface area contributed by atoms with Gasteiger partial charge in [0.25, 0.3) is 0 Å². The molecule has 1 atom stereocenters. The Kier molecular flexibility index (Phi) is 3.64. The van der Waals surface area contributed by atoms with Gasteiger partial charge >= 0.3 is 5.97 Å². The van der Waals surface area contributed by atoms with Crippen LogP contribution >= 0.6 is 0 Å². The number of amides is 1. The third-order valence-corrected chi connectivity index (χ3v) is 4.68. The maximum absolute atomic E-state index is 13.2. The fourth-order valence-corrected chi connectivity index (χ4v) is 3.43. The van der Waals surface area contributed by atoms with Crippen LogP contribution in [0.25, 0.3) is 0 Å². The summed E-state index contributed by atoms with van der Waals surface area (Å²) < 4.78 is 18.4. The summed E-state index contributed by atoms with van der Waals surface area (Å²) in [6.45, 7) is 2.05. The van der Waals surface area contributed by atoms with Crippen molar-refractivity contribution in [3.8, 4) is 0 Å². The molecule has 1 amide bonds. The van der Waals surface area contributed by atoms with Crippen LogP contribution in [0.4, 0.5) is 10.1 Å². The summed E-state index contributed by atoms with van der Waals surface area (Å²) in [4.78, 5) is 26.7. The lowest BCUT2D eigenvalue weighted by Gasteiger charge is -2.31. The molecule has 0 fully saturated rings. The van der Waals surface area contributed by atoms with E-state index in [2.05, 4.69) is 0 Å². The Labute approximate surface area is 144 Å². The summed E-state index contributed by atoms with van der Waals surface area (Å²) in [5.41, 5.74) is 3.63. The van der Waals surface area contributed by atoms with Gasteiger partial charge in [0.1, 0.15) is 12.4 Å². The number of ether oxygens (including phenoxy) is 1. The summed E-state index contributed by atoms with van der Waals surface area (Å²) in [5, 5.41) is 0. The molecule has 2 aromatic rings. The molecule has 126 valence electrons. The Hall–Kier alpha value is -2.95. The van der Waals surface area contributed by atoms with E-state index in [1.165, 1.54) is 12.1 Å². The van der Waals surface area contributed by atoms with Crippen LogP contribution < -0.4 is 4.90 Å². The quantitative estimate of drug-likeness (QED) is 0.789. The van der Waals surface area contributed by atoms with Gasteiger partial charge in [0, 0.05) is 18.0 Å². The molecule has 0 N–H and O–H groups in total. The van der Waals surface area contributed by atoms with Crippen LogP contribution in [0.3, 0.4) is 0 Å². The van der Waals surface area contributed by atoms with Crippen molar-refractivity contribution in [1.29, 1.82) is 0 Å². The summed E-state index contributed by atoms with van der Waals surface area (Å²) in [7, 11) is 0. The topological polar surface area (TPSA) is 46.6 Å². The molecule has 0 aliphatic carbocycles. The van der Waals surface area contributed by atoms with Crippen molar-refractivity contribution in [3.05, 3.63) is 76.7 Å². The molecule has 0 aromatic heterocycles. The zero-order valence-electron chi connectivity index (χ0n) is 13.7. The molecule has 0 saturated heterocycles. The van der Waals surface area contributed by atoms with Gasteiger partial charge in [-0.05, 0) is 36.8 Å². The first-order valence-electron chi connectivity index (χ1n) is 8.10. The second kappa shape index (κ2) is 5.84. The van der Waals surface area contributed by atoms with Crippen LogP contribution in [0.5, 0.6) is 0 Å². The van der Waals surface area contributed by atoms with Crippen molar-refractivity contribution in [1.82, 2.24) is 0 Å². The highest BCUT2D eigenvalue weighted by Crippen LogP contribution is 2.41. The molecular formula is C20H16FNO3. The SMILES string of the molecule is Cc1ccc(N2C(=O)C[C@H](c3ccc(F)cc3)C3=C2COC3=O)cc1. The van der Waals surface area contributed by atoms with E-state index >= 15 is 0 Å². The highest BCUT2D eigenvalue weighted by molar-refractivity contribution is 6.06. The number of benzene rings is 2. The van der Waals surface area contributed by atoms with E-state index in [-0.39, 0.29) is 24.8 Å². The van der Waals surface area contributed by atoms with Crippen molar-refractivity contribution in [3.63, 3.8) is 0 Å². The van der Waals surface area contributed by atoms with Crippen molar-refractivity contribution < 1.29 is 18.7 Å². The van der Waals surface area contributed by atoms with Crippen molar-refractivity contribution in [2.45, 2.75) is 19.3 Å². The van der Waals surface area contributed by atoms with Crippen molar-refractivity contribution in [2.24, 2.45) is 0 Å². The molecular weight excluding hydrogens is 321 g/mol. The van der Waals surface area contributed by atoms with Gasteiger partial charge in [-0.3, -0.25) is 9.69 Å². The maximum atomic E-state index is 13.2. The Morgan fingerprint density at radius 1 is 1.04 bits per heavy atom. The number of halogens is 1. The third-order valence-electron chi connectivity index (χ3n) is 4.68. The monoisotopic (exact) mass is 337 g/mol. The molecule has 4 nitrogen and oxygen atoms in total. The summed E-state index contributed by atoms with van der Waals surface area (Å²) in [5.74, 6) is -1.26. The van der Waals surface area contributed by atoms with E-state index in [1.807, 2.05) is 31.2 Å². The fourth-order valence-electron chi connectivity index (χ4n) is 3.43. The van der Waals surface area contributed by atoms with E-state index in [0.29, 0.717) is 11.3 Å². The predicted molar refractivity (Wildman–Crippen MR) is 90.4 cm³/mol. The lowest BCUT2D eigenvalue weighted by Crippen LogP contribution is -2.37. The molecule has 25 heavy (non-hydrogen) atoms. The largest absolute Gasteiger partial charge is 0.456 e. The van der Waals surface area contributed by atoms with Crippen LogP contribution in [0.15, 0.2) is 59.8 Å². The predicted octanol–water partition coefficient (Wildman–Crippen LogP) is 3.47. The number of hydrogen-bond donors (Lipinski definition) is 0. The van der Waals surface area contributed by atoms with Gasteiger partial charge in [-0.25, -0.2) is 9.18 Å². The van der Waals surface area contributed by atoms with Crippen LogP contribution in [0, 0.1) is 12.7 Å². The average molecular weight is 337 g/mol. The van der Waals surface area contributed by atoms with Crippen LogP contribution in [0.1, 0.15) is 23.5 Å². The zero-order chi connectivity index (χ0) is 17.6. The standard InChI is InChI=1S/C20H16FNO3/c1-12-2-8-15(9-3-12)22-17-11-25-20(24)19(17)16(10-18(22)23)13-4-6-14(21)7-5-13/h2-9,16H,10-11H2,1H3/t16-/m1/s1. The number of nitrogens with zero attached hydrogens (tertiary/aromatic N) is 1. The molecule has 5 heteroatoms. The Bertz CT molecular complexity index is 884. The molecule has 4 rings (SSSR count). The van der Waals surface area contributed by atoms with Crippen LogP contribution in [-0.4, -0.2) is 18.5 Å². The molecule has 0 unspecified atom stereocenters. The van der Waals surface area contributed by atoms with Gasteiger partial charge in [0.2, 0.25) is 5.91 Å². The van der Waals surface area contributed by atoms with E-state index < -0.39 is 11.9 Å². The zero-order valence-corrected chi connectivity index (χ0v) is 13.7. The third kappa shape index (κ3) is 2.61. The molecule has 0 bridgehead atoms. The normalized spacial score (nSPS) is 19.9. The number of cyclic esters (lactones) is 1.